The van der Waals surface area contributed by atoms with Gasteiger partial charge in [0.25, 0.3) is 5.56 Å². The van der Waals surface area contributed by atoms with Gasteiger partial charge >= 0.3 is 0 Å². The summed E-state index contributed by atoms with van der Waals surface area (Å²) in [5.41, 5.74) is 1.81. The fraction of sp³-hybridized carbons (Fsp3) is 0.450. The van der Waals surface area contributed by atoms with Gasteiger partial charge in [-0.3, -0.25) is 14.2 Å². The molecule has 2 N–H and O–H groups in total. The minimum Gasteiger partial charge on any atom is -0.467 e. The van der Waals surface area contributed by atoms with Gasteiger partial charge < -0.3 is 14.7 Å². The number of nitrogens with zero attached hydrogens (tertiary/aromatic N) is 2. The molecule has 1 saturated carbocycles. The molecule has 148 valence electrons. The van der Waals surface area contributed by atoms with Crippen LogP contribution in [0.4, 0.5) is 0 Å². The topological polar surface area (TPSA) is 92.9 Å². The maximum absolute atomic E-state index is 13.0. The summed E-state index contributed by atoms with van der Waals surface area (Å²) in [7, 11) is 0. The van der Waals surface area contributed by atoms with Gasteiger partial charge in [-0.1, -0.05) is 31.0 Å². The van der Waals surface area contributed by atoms with Crippen molar-refractivity contribution in [2.24, 2.45) is 0 Å². The van der Waals surface area contributed by atoms with Gasteiger partial charge in [-0.25, -0.2) is 4.98 Å². The Hall–Kier alpha value is -2.48. The third kappa shape index (κ3) is 4.16. The molecule has 3 heterocycles. The van der Waals surface area contributed by atoms with Crippen LogP contribution in [0.2, 0.25) is 0 Å². The Bertz CT molecular complexity index is 1020. The summed E-state index contributed by atoms with van der Waals surface area (Å²) in [4.78, 5) is 33.1. The van der Waals surface area contributed by atoms with Gasteiger partial charge in [0.2, 0.25) is 5.91 Å². The number of hydrogen-bond acceptors (Lipinski definition) is 5. The number of H-pyrrole nitrogens is 1. The molecule has 3 aromatic rings. The van der Waals surface area contributed by atoms with Gasteiger partial charge in [0.15, 0.2) is 5.16 Å². The predicted octanol–water partition coefficient (Wildman–Crippen LogP) is 3.22. The van der Waals surface area contributed by atoms with Crippen LogP contribution in [0.5, 0.6) is 0 Å². The molecule has 0 spiro atoms. The van der Waals surface area contributed by atoms with E-state index in [0.717, 1.165) is 18.5 Å². The molecule has 0 unspecified atom stereocenters. The number of rotatable bonds is 6. The molecule has 0 radical (unpaired) electrons. The lowest BCUT2D eigenvalue weighted by atomic mass is 9.95. The van der Waals surface area contributed by atoms with Gasteiger partial charge in [-0.2, -0.15) is 0 Å². The standard InChI is InChI=1S/C20H24N4O3S/c1-13-10-16-18(21-13)19(26)24(11-15-8-5-9-27-15)20(23-16)28-12-17(25)22-14-6-3-2-4-7-14/h5,8-10,14,21H,2-4,6-7,11-12H2,1H3,(H,22,25). The van der Waals surface area contributed by atoms with Gasteiger partial charge in [0.1, 0.15) is 11.3 Å². The molecule has 0 aliphatic heterocycles. The first-order valence-corrected chi connectivity index (χ1v) is 10.6. The highest BCUT2D eigenvalue weighted by molar-refractivity contribution is 7.99. The minimum atomic E-state index is -0.162. The van der Waals surface area contributed by atoms with Crippen molar-refractivity contribution in [3.63, 3.8) is 0 Å². The summed E-state index contributed by atoms with van der Waals surface area (Å²) in [5, 5.41) is 3.63. The Labute approximate surface area is 166 Å². The molecule has 1 aliphatic rings. The number of nitrogens with one attached hydrogen (secondary N) is 2. The van der Waals surface area contributed by atoms with Crippen LogP contribution in [0.15, 0.2) is 38.8 Å². The zero-order chi connectivity index (χ0) is 19.5. The fourth-order valence-corrected chi connectivity index (χ4v) is 4.48. The number of carbonyl (C=O) groups excluding carboxylic acids is 1. The molecular weight excluding hydrogens is 376 g/mol. The van der Waals surface area contributed by atoms with E-state index in [9.17, 15) is 9.59 Å². The van der Waals surface area contributed by atoms with Crippen molar-refractivity contribution in [3.05, 3.63) is 46.3 Å². The van der Waals surface area contributed by atoms with E-state index in [0.29, 0.717) is 22.0 Å². The van der Waals surface area contributed by atoms with E-state index in [4.69, 9.17) is 4.42 Å². The second-order valence-corrected chi connectivity index (χ2v) is 8.21. The molecule has 8 heteroatoms. The Morgan fingerprint density at radius 1 is 1.39 bits per heavy atom. The molecule has 4 rings (SSSR count). The van der Waals surface area contributed by atoms with Gasteiger partial charge in [0.05, 0.1) is 24.1 Å². The normalized spacial score (nSPS) is 15.2. The molecular formula is C20H24N4O3S. The second kappa shape index (κ2) is 8.26. The number of thioether (sulfide) groups is 1. The molecule has 0 atom stereocenters. The Morgan fingerprint density at radius 3 is 2.96 bits per heavy atom. The molecule has 0 saturated heterocycles. The van der Waals surface area contributed by atoms with Gasteiger partial charge in [-0.05, 0) is 38.0 Å². The van der Waals surface area contributed by atoms with Crippen molar-refractivity contribution in [2.45, 2.75) is 56.8 Å². The highest BCUT2D eigenvalue weighted by Crippen LogP contribution is 2.21. The van der Waals surface area contributed by atoms with Crippen LogP contribution in [0, 0.1) is 6.92 Å². The largest absolute Gasteiger partial charge is 0.467 e. The molecule has 0 bridgehead atoms. The van der Waals surface area contributed by atoms with Crippen LogP contribution < -0.4 is 10.9 Å². The Kier molecular flexibility index (Phi) is 5.57. The predicted molar refractivity (Wildman–Crippen MR) is 109 cm³/mol. The lowest BCUT2D eigenvalue weighted by molar-refractivity contribution is -0.119. The Balaban J connectivity index is 1.55. The van der Waals surface area contributed by atoms with E-state index in [1.54, 1.807) is 16.9 Å². The van der Waals surface area contributed by atoms with Crippen LogP contribution in [0.1, 0.15) is 43.6 Å². The van der Waals surface area contributed by atoms with Crippen molar-refractivity contribution < 1.29 is 9.21 Å². The van der Waals surface area contributed by atoms with Crippen molar-refractivity contribution in [2.75, 3.05) is 5.75 Å². The highest BCUT2D eigenvalue weighted by Gasteiger charge is 2.18. The first-order valence-electron chi connectivity index (χ1n) is 9.65. The van der Waals surface area contributed by atoms with Gasteiger partial charge in [-0.15, -0.1) is 0 Å². The maximum Gasteiger partial charge on any atom is 0.278 e. The molecule has 3 aromatic heterocycles. The number of amides is 1. The van der Waals surface area contributed by atoms with Crippen LogP contribution in [-0.2, 0) is 11.3 Å². The average Bonchev–Trinajstić information content (AvgIpc) is 3.32. The fourth-order valence-electron chi connectivity index (χ4n) is 3.67. The van der Waals surface area contributed by atoms with E-state index >= 15 is 0 Å². The summed E-state index contributed by atoms with van der Waals surface area (Å²) in [6.07, 6.45) is 7.27. The quantitative estimate of drug-likeness (QED) is 0.490. The molecule has 1 amide bonds. The number of hydrogen-bond donors (Lipinski definition) is 2. The van der Waals surface area contributed by atoms with Crippen LogP contribution in [-0.4, -0.2) is 32.2 Å². The monoisotopic (exact) mass is 400 g/mol. The summed E-state index contributed by atoms with van der Waals surface area (Å²) < 4.78 is 6.97. The first-order chi connectivity index (χ1) is 13.6. The molecule has 1 fully saturated rings. The van der Waals surface area contributed by atoms with E-state index in [2.05, 4.69) is 15.3 Å². The van der Waals surface area contributed by atoms with E-state index in [-0.39, 0.29) is 29.8 Å². The molecule has 1 aliphatic carbocycles. The summed E-state index contributed by atoms with van der Waals surface area (Å²) >= 11 is 1.29. The minimum absolute atomic E-state index is 0.0129. The molecule has 0 aromatic carbocycles. The average molecular weight is 401 g/mol. The maximum atomic E-state index is 13.0. The first kappa shape index (κ1) is 18.9. The smallest absolute Gasteiger partial charge is 0.278 e. The zero-order valence-corrected chi connectivity index (χ0v) is 16.7. The highest BCUT2D eigenvalue weighted by atomic mass is 32.2. The van der Waals surface area contributed by atoms with Crippen LogP contribution in [0.3, 0.4) is 0 Å². The number of aryl methyl sites for hydroxylation is 1. The number of aromatic amines is 1. The van der Waals surface area contributed by atoms with Crippen molar-refractivity contribution in [3.8, 4) is 0 Å². The van der Waals surface area contributed by atoms with Gasteiger partial charge in [0, 0.05) is 11.7 Å². The summed E-state index contributed by atoms with van der Waals surface area (Å²) in [6, 6.07) is 5.73. The number of aromatic nitrogens is 3. The Morgan fingerprint density at radius 2 is 2.21 bits per heavy atom. The molecule has 7 nitrogen and oxygen atoms in total. The summed E-state index contributed by atoms with van der Waals surface area (Å²) in [6.45, 7) is 2.17. The summed E-state index contributed by atoms with van der Waals surface area (Å²) in [5.74, 6) is 0.886. The number of fused-ring (bicyclic) bond motifs is 1. The SMILES string of the molecule is Cc1cc2nc(SCC(=O)NC3CCCCC3)n(Cc3ccco3)c(=O)c2[nH]1. The van der Waals surface area contributed by atoms with Crippen LogP contribution >= 0.6 is 11.8 Å². The lowest BCUT2D eigenvalue weighted by Crippen LogP contribution is -2.37. The third-order valence-electron chi connectivity index (χ3n) is 5.03. The van der Waals surface area contributed by atoms with Crippen molar-refractivity contribution >= 4 is 28.7 Å². The zero-order valence-electron chi connectivity index (χ0n) is 15.9. The van der Waals surface area contributed by atoms with E-state index in [1.165, 1.54) is 31.0 Å². The van der Waals surface area contributed by atoms with Crippen LogP contribution in [0.25, 0.3) is 11.0 Å². The number of furan rings is 1. The van der Waals surface area contributed by atoms with E-state index in [1.807, 2.05) is 19.1 Å². The van der Waals surface area contributed by atoms with E-state index < -0.39 is 0 Å². The number of carbonyl (C=O) groups is 1. The molecule has 28 heavy (non-hydrogen) atoms. The van der Waals surface area contributed by atoms with Crippen molar-refractivity contribution in [1.82, 2.24) is 19.9 Å². The lowest BCUT2D eigenvalue weighted by Gasteiger charge is -2.22. The van der Waals surface area contributed by atoms with Crippen molar-refractivity contribution in [1.29, 1.82) is 0 Å². The second-order valence-electron chi connectivity index (χ2n) is 7.27. The third-order valence-corrected chi connectivity index (χ3v) is 6.01.